The molecule has 1 aromatic carbocycles. The average Bonchev–Trinajstić information content (AvgIpc) is 2.44. The topological polar surface area (TPSA) is 87.7 Å². The second-order valence-electron chi connectivity index (χ2n) is 6.37. The van der Waals surface area contributed by atoms with Gasteiger partial charge in [-0.3, -0.25) is 4.79 Å². The average molecular weight is 322 g/mol. The van der Waals surface area contributed by atoms with Crippen LogP contribution in [0.3, 0.4) is 0 Å². The monoisotopic (exact) mass is 322 g/mol. The number of nitrogens with one attached hydrogen (secondary N) is 2. The molecule has 0 saturated carbocycles. The van der Waals surface area contributed by atoms with Gasteiger partial charge in [-0.2, -0.15) is 0 Å². The van der Waals surface area contributed by atoms with E-state index in [0.717, 1.165) is 12.0 Å². The first kappa shape index (κ1) is 18.8. The maximum Gasteiger partial charge on any atom is 0.408 e. The zero-order valence-corrected chi connectivity index (χ0v) is 14.2. The van der Waals surface area contributed by atoms with Gasteiger partial charge in [0.2, 0.25) is 5.91 Å². The fraction of sp³-hybridized carbons (Fsp3) is 0.529. The van der Waals surface area contributed by atoms with Gasteiger partial charge in [0, 0.05) is 6.54 Å². The molecule has 3 N–H and O–H groups in total. The Morgan fingerprint density at radius 3 is 2.35 bits per heavy atom. The zero-order valence-electron chi connectivity index (χ0n) is 14.2. The molecule has 6 heteroatoms. The summed E-state index contributed by atoms with van der Waals surface area (Å²) in [5.41, 5.74) is 0.257. The molecule has 1 aromatic rings. The number of hydrogen-bond donors (Lipinski definition) is 3. The minimum Gasteiger partial charge on any atom is -0.508 e. The number of benzene rings is 1. The molecule has 23 heavy (non-hydrogen) atoms. The highest BCUT2D eigenvalue weighted by Crippen LogP contribution is 2.10. The van der Waals surface area contributed by atoms with E-state index in [2.05, 4.69) is 10.6 Å². The Morgan fingerprint density at radius 1 is 1.22 bits per heavy atom. The molecule has 1 rings (SSSR count). The highest BCUT2D eigenvalue weighted by Gasteiger charge is 2.23. The Balaban J connectivity index is 2.56. The molecular formula is C17H26N2O4. The summed E-state index contributed by atoms with van der Waals surface area (Å²) in [6.07, 6.45) is 0.684. The van der Waals surface area contributed by atoms with E-state index in [1.165, 1.54) is 0 Å². The molecule has 0 spiro atoms. The third kappa shape index (κ3) is 7.54. The Labute approximate surface area is 137 Å². The number of aromatic hydroxyl groups is 1. The van der Waals surface area contributed by atoms with Crippen molar-refractivity contribution in [3.8, 4) is 5.75 Å². The van der Waals surface area contributed by atoms with E-state index in [1.807, 2.05) is 6.92 Å². The lowest BCUT2D eigenvalue weighted by molar-refractivity contribution is -0.123. The summed E-state index contributed by atoms with van der Waals surface area (Å²) in [7, 11) is 0. The number of ether oxygens (including phenoxy) is 1. The van der Waals surface area contributed by atoms with Crippen molar-refractivity contribution in [2.24, 2.45) is 0 Å². The molecule has 6 nitrogen and oxygen atoms in total. The van der Waals surface area contributed by atoms with E-state index in [0.29, 0.717) is 13.0 Å². The van der Waals surface area contributed by atoms with Crippen LogP contribution in [0.2, 0.25) is 0 Å². The molecule has 0 aliphatic rings. The lowest BCUT2D eigenvalue weighted by atomic mass is 10.1. The molecule has 128 valence electrons. The number of phenolic OH excluding ortho intramolecular Hbond substituents is 1. The second kappa shape index (κ2) is 8.41. The first-order valence-corrected chi connectivity index (χ1v) is 7.76. The third-order valence-electron chi connectivity index (χ3n) is 2.99. The molecule has 0 saturated heterocycles. The van der Waals surface area contributed by atoms with Crippen LogP contribution in [-0.2, 0) is 16.1 Å². The largest absolute Gasteiger partial charge is 0.508 e. The van der Waals surface area contributed by atoms with Gasteiger partial charge >= 0.3 is 6.09 Å². The number of rotatable bonds is 6. The van der Waals surface area contributed by atoms with E-state index in [9.17, 15) is 14.7 Å². The van der Waals surface area contributed by atoms with Crippen LogP contribution in [0.25, 0.3) is 0 Å². The highest BCUT2D eigenvalue weighted by molar-refractivity contribution is 5.85. The van der Waals surface area contributed by atoms with E-state index < -0.39 is 17.7 Å². The summed E-state index contributed by atoms with van der Waals surface area (Å²) in [4.78, 5) is 24.1. The van der Waals surface area contributed by atoms with Crippen molar-refractivity contribution < 1.29 is 19.4 Å². The Morgan fingerprint density at radius 2 is 1.83 bits per heavy atom. The van der Waals surface area contributed by atoms with E-state index in [1.54, 1.807) is 45.0 Å². The van der Waals surface area contributed by atoms with Crippen LogP contribution < -0.4 is 10.6 Å². The van der Waals surface area contributed by atoms with Gasteiger partial charge in [-0.15, -0.1) is 0 Å². The summed E-state index contributed by atoms with van der Waals surface area (Å²) >= 11 is 0. The van der Waals surface area contributed by atoms with Crippen molar-refractivity contribution >= 4 is 12.0 Å². The molecule has 1 unspecified atom stereocenters. The fourth-order valence-electron chi connectivity index (χ4n) is 1.93. The fourth-order valence-corrected chi connectivity index (χ4v) is 1.93. The summed E-state index contributed by atoms with van der Waals surface area (Å²) in [6, 6.07) is 5.94. The molecule has 0 heterocycles. The number of phenols is 1. The van der Waals surface area contributed by atoms with Gasteiger partial charge in [-0.25, -0.2) is 4.79 Å². The number of alkyl carbamates (subject to hydrolysis) is 1. The molecule has 0 aromatic heterocycles. The third-order valence-corrected chi connectivity index (χ3v) is 2.99. The molecule has 0 aliphatic heterocycles. The summed E-state index contributed by atoms with van der Waals surface area (Å²) in [6.45, 7) is 7.58. The van der Waals surface area contributed by atoms with Crippen molar-refractivity contribution in [1.29, 1.82) is 0 Å². The predicted octanol–water partition coefficient (Wildman–Crippen LogP) is 2.70. The lowest BCUT2D eigenvalue weighted by Crippen LogP contribution is -2.47. The number of hydrogen-bond acceptors (Lipinski definition) is 4. The first-order valence-electron chi connectivity index (χ1n) is 7.76. The quantitative estimate of drug-likeness (QED) is 0.751. The summed E-state index contributed by atoms with van der Waals surface area (Å²) < 4.78 is 5.18. The lowest BCUT2D eigenvalue weighted by Gasteiger charge is -2.23. The van der Waals surface area contributed by atoms with Crippen molar-refractivity contribution in [1.82, 2.24) is 10.6 Å². The molecular weight excluding hydrogens is 296 g/mol. The van der Waals surface area contributed by atoms with Crippen LogP contribution >= 0.6 is 0 Å². The van der Waals surface area contributed by atoms with Gasteiger partial charge in [0.05, 0.1) is 0 Å². The Bertz CT molecular complexity index is 520. The Kier molecular flexibility index (Phi) is 6.88. The summed E-state index contributed by atoms with van der Waals surface area (Å²) in [5, 5.41) is 14.6. The molecule has 2 amide bonds. The van der Waals surface area contributed by atoms with E-state index in [-0.39, 0.29) is 11.7 Å². The van der Waals surface area contributed by atoms with Crippen LogP contribution in [0.4, 0.5) is 4.79 Å². The standard InChI is InChI=1S/C17H26N2O4/c1-5-6-14(19-16(22)23-17(2,3)4)15(21)18-11-12-7-9-13(20)10-8-12/h7-10,14,20H,5-6,11H2,1-4H3,(H,18,21)(H,19,22). The van der Waals surface area contributed by atoms with Gasteiger partial charge in [0.25, 0.3) is 0 Å². The minimum absolute atomic E-state index is 0.176. The number of carbonyl (C=O) groups excluding carboxylic acids is 2. The van der Waals surface area contributed by atoms with Crippen LogP contribution in [0.15, 0.2) is 24.3 Å². The SMILES string of the molecule is CCCC(NC(=O)OC(C)(C)C)C(=O)NCc1ccc(O)cc1. The molecule has 0 fully saturated rings. The van der Waals surface area contributed by atoms with Gasteiger partial charge in [0.15, 0.2) is 0 Å². The molecule has 1 atom stereocenters. The number of amides is 2. The van der Waals surface area contributed by atoms with E-state index >= 15 is 0 Å². The zero-order chi connectivity index (χ0) is 17.5. The number of carbonyl (C=O) groups is 2. The van der Waals surface area contributed by atoms with Gasteiger partial charge in [-0.05, 0) is 44.9 Å². The van der Waals surface area contributed by atoms with Gasteiger partial charge in [0.1, 0.15) is 17.4 Å². The molecule has 0 aliphatic carbocycles. The van der Waals surface area contributed by atoms with Gasteiger partial charge in [-0.1, -0.05) is 25.5 Å². The van der Waals surface area contributed by atoms with Crippen LogP contribution in [-0.4, -0.2) is 28.7 Å². The normalized spacial score (nSPS) is 12.3. The predicted molar refractivity (Wildman–Crippen MR) is 88.0 cm³/mol. The molecule has 0 radical (unpaired) electrons. The maximum atomic E-state index is 12.2. The van der Waals surface area contributed by atoms with Crippen molar-refractivity contribution in [3.05, 3.63) is 29.8 Å². The van der Waals surface area contributed by atoms with E-state index in [4.69, 9.17) is 4.74 Å². The first-order chi connectivity index (χ1) is 10.7. The van der Waals surface area contributed by atoms with Crippen molar-refractivity contribution in [2.45, 2.75) is 58.7 Å². The van der Waals surface area contributed by atoms with Crippen LogP contribution in [0.1, 0.15) is 46.1 Å². The van der Waals surface area contributed by atoms with Crippen LogP contribution in [0.5, 0.6) is 5.75 Å². The smallest absolute Gasteiger partial charge is 0.408 e. The Hall–Kier alpha value is -2.24. The second-order valence-corrected chi connectivity index (χ2v) is 6.37. The van der Waals surface area contributed by atoms with Crippen molar-refractivity contribution in [3.63, 3.8) is 0 Å². The highest BCUT2D eigenvalue weighted by atomic mass is 16.6. The van der Waals surface area contributed by atoms with Gasteiger partial charge < -0.3 is 20.5 Å². The van der Waals surface area contributed by atoms with Crippen molar-refractivity contribution in [2.75, 3.05) is 0 Å². The molecule has 0 bridgehead atoms. The van der Waals surface area contributed by atoms with Crippen LogP contribution in [0, 0.1) is 0 Å². The minimum atomic E-state index is -0.632. The summed E-state index contributed by atoms with van der Waals surface area (Å²) in [5.74, 6) is -0.0821. The maximum absolute atomic E-state index is 12.2.